The van der Waals surface area contributed by atoms with Crippen LogP contribution in [0.2, 0.25) is 0 Å². The molecule has 1 heterocycles. The first-order valence-electron chi connectivity index (χ1n) is 7.58. The summed E-state index contributed by atoms with van der Waals surface area (Å²) in [6.07, 6.45) is 3.06. The number of nitrogens with two attached hydrogens (primary N) is 1. The fourth-order valence-electron chi connectivity index (χ4n) is 3.60. The molecule has 0 aromatic heterocycles. The standard InChI is InChI=1S/C16H24N2/c1-12(2)18-9-7-16(8-10-18)11-13-5-3-4-6-14(13)15(16)17/h3-6,12,15H,7-11,17H2,1-2H3/t15-/m0/s1/i15D. The fraction of sp³-hybridized carbons (Fsp3) is 0.625. The monoisotopic (exact) mass is 245 g/mol. The van der Waals surface area contributed by atoms with Crippen molar-refractivity contribution >= 4 is 0 Å². The molecule has 1 atom stereocenters. The molecule has 1 spiro atoms. The molecular formula is C16H24N2. The number of fused-ring (bicyclic) bond motifs is 1. The van der Waals surface area contributed by atoms with Crippen molar-refractivity contribution in [1.82, 2.24) is 4.90 Å². The van der Waals surface area contributed by atoms with Crippen LogP contribution in [0.5, 0.6) is 0 Å². The largest absolute Gasteiger partial charge is 0.323 e. The molecule has 0 unspecified atom stereocenters. The minimum absolute atomic E-state index is 0.0535. The van der Waals surface area contributed by atoms with Crippen molar-refractivity contribution in [2.24, 2.45) is 11.1 Å². The zero-order valence-corrected chi connectivity index (χ0v) is 11.4. The number of nitrogens with zero attached hydrogens (tertiary/aromatic N) is 1. The first kappa shape index (κ1) is 11.0. The van der Waals surface area contributed by atoms with Gasteiger partial charge in [0.25, 0.3) is 0 Å². The topological polar surface area (TPSA) is 29.3 Å². The van der Waals surface area contributed by atoms with Crippen molar-refractivity contribution in [2.75, 3.05) is 13.1 Å². The third-order valence-corrected chi connectivity index (χ3v) is 4.89. The van der Waals surface area contributed by atoms with Gasteiger partial charge >= 0.3 is 0 Å². The van der Waals surface area contributed by atoms with Crippen molar-refractivity contribution in [2.45, 2.75) is 45.2 Å². The SMILES string of the molecule is [2H][C@]1(N)c2ccccc2CC12CCN(C(C)C)CC2. The highest BCUT2D eigenvalue weighted by atomic mass is 15.2. The molecule has 1 saturated heterocycles. The Morgan fingerprint density at radius 1 is 1.33 bits per heavy atom. The van der Waals surface area contributed by atoms with Gasteiger partial charge in [-0.25, -0.2) is 0 Å². The summed E-state index contributed by atoms with van der Waals surface area (Å²) in [5.74, 6) is 0. The molecule has 98 valence electrons. The van der Waals surface area contributed by atoms with E-state index in [1.807, 2.05) is 12.1 Å². The highest BCUT2D eigenvalue weighted by Crippen LogP contribution is 2.50. The van der Waals surface area contributed by atoms with Crippen molar-refractivity contribution in [1.29, 1.82) is 0 Å². The molecule has 1 aliphatic carbocycles. The average molecular weight is 245 g/mol. The number of likely N-dealkylation sites (tertiary alicyclic amines) is 1. The summed E-state index contributed by atoms with van der Waals surface area (Å²) in [7, 11) is 0. The van der Waals surface area contributed by atoms with Crippen molar-refractivity contribution < 1.29 is 1.37 Å². The Morgan fingerprint density at radius 3 is 2.61 bits per heavy atom. The maximum absolute atomic E-state index is 8.74. The Labute approximate surface area is 112 Å². The second kappa shape index (κ2) is 4.36. The van der Waals surface area contributed by atoms with E-state index in [1.54, 1.807) is 0 Å². The number of piperidine rings is 1. The summed E-state index contributed by atoms with van der Waals surface area (Å²) in [4.78, 5) is 2.50. The van der Waals surface area contributed by atoms with E-state index in [0.29, 0.717) is 6.04 Å². The molecular weight excluding hydrogens is 220 g/mol. The Morgan fingerprint density at radius 2 is 2.00 bits per heavy atom. The van der Waals surface area contributed by atoms with E-state index >= 15 is 0 Å². The number of benzene rings is 1. The highest BCUT2D eigenvalue weighted by Gasteiger charge is 2.45. The molecule has 2 aliphatic rings. The van der Waals surface area contributed by atoms with Crippen molar-refractivity contribution in [3.05, 3.63) is 35.4 Å². The maximum atomic E-state index is 8.74. The lowest BCUT2D eigenvalue weighted by molar-refractivity contribution is 0.0710. The summed E-state index contributed by atoms with van der Waals surface area (Å²) in [5.41, 5.74) is 8.75. The molecule has 1 aliphatic heterocycles. The predicted molar refractivity (Wildman–Crippen MR) is 75.5 cm³/mol. The molecule has 3 rings (SSSR count). The quantitative estimate of drug-likeness (QED) is 0.824. The van der Waals surface area contributed by atoms with Gasteiger partial charge in [0.2, 0.25) is 0 Å². The Bertz CT molecular complexity index is 473. The van der Waals surface area contributed by atoms with Crippen LogP contribution in [0.1, 0.15) is 45.2 Å². The van der Waals surface area contributed by atoms with Gasteiger partial charge in [-0.05, 0) is 62.7 Å². The van der Waals surface area contributed by atoms with Gasteiger partial charge in [0.05, 0.1) is 1.37 Å². The molecule has 0 amide bonds. The van der Waals surface area contributed by atoms with Crippen LogP contribution in [0.25, 0.3) is 0 Å². The summed E-state index contributed by atoms with van der Waals surface area (Å²) in [6, 6.07) is 7.96. The Hall–Kier alpha value is -0.860. The predicted octanol–water partition coefficient (Wildman–Crippen LogP) is 2.73. The Balaban J connectivity index is 1.88. The van der Waals surface area contributed by atoms with E-state index in [2.05, 4.69) is 30.9 Å². The molecule has 18 heavy (non-hydrogen) atoms. The minimum atomic E-state index is -0.910. The average Bonchev–Trinajstić information content (AvgIpc) is 2.59. The number of hydrogen-bond donors (Lipinski definition) is 1. The van der Waals surface area contributed by atoms with Gasteiger partial charge in [-0.2, -0.15) is 0 Å². The molecule has 2 nitrogen and oxygen atoms in total. The first-order chi connectivity index (χ1) is 8.96. The molecule has 2 N–H and O–H groups in total. The van der Waals surface area contributed by atoms with E-state index in [1.165, 1.54) is 5.56 Å². The van der Waals surface area contributed by atoms with Gasteiger partial charge in [0.1, 0.15) is 0 Å². The van der Waals surface area contributed by atoms with Gasteiger partial charge in [-0.3, -0.25) is 0 Å². The van der Waals surface area contributed by atoms with Crippen LogP contribution >= 0.6 is 0 Å². The number of hydrogen-bond acceptors (Lipinski definition) is 2. The number of rotatable bonds is 1. The van der Waals surface area contributed by atoms with Crippen LogP contribution in [-0.4, -0.2) is 24.0 Å². The van der Waals surface area contributed by atoms with Gasteiger partial charge < -0.3 is 10.6 Å². The van der Waals surface area contributed by atoms with E-state index < -0.39 is 6.02 Å². The molecule has 1 aromatic rings. The van der Waals surface area contributed by atoms with Gasteiger partial charge in [0.15, 0.2) is 0 Å². The summed E-state index contributed by atoms with van der Waals surface area (Å²) >= 11 is 0. The normalized spacial score (nSPS) is 31.7. The zero-order valence-electron chi connectivity index (χ0n) is 12.4. The third kappa shape index (κ3) is 1.79. The van der Waals surface area contributed by atoms with Gasteiger partial charge in [-0.1, -0.05) is 24.3 Å². The molecule has 0 radical (unpaired) electrons. The molecule has 2 heteroatoms. The van der Waals surface area contributed by atoms with Crippen LogP contribution in [0.3, 0.4) is 0 Å². The van der Waals surface area contributed by atoms with Crippen LogP contribution < -0.4 is 5.73 Å². The lowest BCUT2D eigenvalue weighted by Gasteiger charge is -2.43. The van der Waals surface area contributed by atoms with Gasteiger partial charge in [0, 0.05) is 12.1 Å². The zero-order chi connectivity index (χ0) is 13.7. The van der Waals surface area contributed by atoms with E-state index in [-0.39, 0.29) is 5.41 Å². The van der Waals surface area contributed by atoms with Crippen molar-refractivity contribution in [3.63, 3.8) is 0 Å². The lowest BCUT2D eigenvalue weighted by atomic mass is 9.73. The second-order valence-corrected chi connectivity index (χ2v) is 6.16. The summed E-state index contributed by atoms with van der Waals surface area (Å²) in [6.45, 7) is 6.64. The minimum Gasteiger partial charge on any atom is -0.323 e. The second-order valence-electron chi connectivity index (χ2n) is 6.16. The first-order valence-corrected chi connectivity index (χ1v) is 7.08. The molecule has 1 fully saturated rings. The van der Waals surface area contributed by atoms with E-state index in [9.17, 15) is 0 Å². The molecule has 1 aromatic carbocycles. The fourth-order valence-corrected chi connectivity index (χ4v) is 3.60. The van der Waals surface area contributed by atoms with E-state index in [0.717, 1.165) is 37.9 Å². The van der Waals surface area contributed by atoms with Crippen LogP contribution in [0.15, 0.2) is 24.3 Å². The maximum Gasteiger partial charge on any atom is 0.0520 e. The van der Waals surface area contributed by atoms with Crippen LogP contribution in [0.4, 0.5) is 0 Å². The lowest BCUT2D eigenvalue weighted by Crippen LogP contribution is -2.46. The smallest absolute Gasteiger partial charge is 0.0520 e. The summed E-state index contributed by atoms with van der Waals surface area (Å²) < 4.78 is 8.74. The van der Waals surface area contributed by atoms with E-state index in [4.69, 9.17) is 7.10 Å². The third-order valence-electron chi connectivity index (χ3n) is 4.89. The van der Waals surface area contributed by atoms with Crippen molar-refractivity contribution in [3.8, 4) is 0 Å². The molecule has 0 bridgehead atoms. The van der Waals surface area contributed by atoms with Gasteiger partial charge in [-0.15, -0.1) is 0 Å². The Kier molecular flexibility index (Phi) is 2.66. The highest BCUT2D eigenvalue weighted by molar-refractivity contribution is 5.38. The van der Waals surface area contributed by atoms with Crippen LogP contribution in [0, 0.1) is 5.41 Å². The van der Waals surface area contributed by atoms with Crippen LogP contribution in [-0.2, 0) is 6.42 Å². The molecule has 0 saturated carbocycles. The summed E-state index contributed by atoms with van der Waals surface area (Å²) in [5, 5.41) is 0.